The van der Waals surface area contributed by atoms with Crippen LogP contribution in [0.3, 0.4) is 0 Å². The summed E-state index contributed by atoms with van der Waals surface area (Å²) >= 11 is 1.58. The van der Waals surface area contributed by atoms with Crippen molar-refractivity contribution in [2.45, 2.75) is 44.1 Å². The van der Waals surface area contributed by atoms with Crippen LogP contribution in [0.1, 0.15) is 37.2 Å². The largest absolute Gasteiger partial charge is 0.370 e. The number of nitriles is 1. The number of rotatable bonds is 8. The monoisotopic (exact) mass is 343 g/mol. The lowest BCUT2D eigenvalue weighted by Crippen LogP contribution is -2.15. The molecule has 2 rings (SSSR count). The molecule has 0 bridgehead atoms. The molecule has 0 saturated heterocycles. The van der Waals surface area contributed by atoms with Crippen LogP contribution in [0.5, 0.6) is 0 Å². The van der Waals surface area contributed by atoms with Crippen molar-refractivity contribution < 1.29 is 4.79 Å². The highest BCUT2D eigenvalue weighted by Gasteiger charge is 2.14. The number of aryl methyl sites for hydroxylation is 1. The molecule has 1 aromatic carbocycles. The van der Waals surface area contributed by atoms with Gasteiger partial charge in [-0.1, -0.05) is 37.7 Å². The van der Waals surface area contributed by atoms with Crippen LogP contribution in [0.2, 0.25) is 0 Å². The lowest BCUT2D eigenvalue weighted by atomic mass is 10.2. The quantitative estimate of drug-likeness (QED) is 0.743. The van der Waals surface area contributed by atoms with Gasteiger partial charge in [0.05, 0.1) is 11.6 Å². The van der Waals surface area contributed by atoms with Gasteiger partial charge in [0.1, 0.15) is 5.82 Å². The minimum absolute atomic E-state index is 0.269. The maximum atomic E-state index is 11.0. The van der Waals surface area contributed by atoms with Gasteiger partial charge < -0.3 is 10.3 Å². The molecule has 0 spiro atoms. The molecule has 126 valence electrons. The zero-order chi connectivity index (χ0) is 17.5. The Kier molecular flexibility index (Phi) is 6.38. The number of amides is 1. The van der Waals surface area contributed by atoms with Crippen molar-refractivity contribution in [1.29, 1.82) is 5.26 Å². The van der Waals surface area contributed by atoms with Gasteiger partial charge in [-0.2, -0.15) is 5.26 Å². The Morgan fingerprint density at radius 1 is 1.42 bits per heavy atom. The van der Waals surface area contributed by atoms with E-state index in [4.69, 9.17) is 11.0 Å². The molecule has 7 heteroatoms. The van der Waals surface area contributed by atoms with Crippen molar-refractivity contribution >= 4 is 17.7 Å². The van der Waals surface area contributed by atoms with Crippen molar-refractivity contribution in [3.05, 3.63) is 41.2 Å². The molecular formula is C17H21N5OS. The number of thioether (sulfide) groups is 1. The molecule has 0 saturated carbocycles. The van der Waals surface area contributed by atoms with Gasteiger partial charge in [-0.15, -0.1) is 10.2 Å². The highest BCUT2D eigenvalue weighted by Crippen LogP contribution is 2.23. The third-order valence-electron chi connectivity index (χ3n) is 3.36. The topological polar surface area (TPSA) is 97.6 Å². The van der Waals surface area contributed by atoms with Crippen molar-refractivity contribution in [3.63, 3.8) is 0 Å². The second-order valence-electron chi connectivity index (χ2n) is 5.97. The molecule has 1 aromatic heterocycles. The summed E-state index contributed by atoms with van der Waals surface area (Å²) in [5, 5.41) is 18.3. The molecule has 2 N–H and O–H groups in total. The van der Waals surface area contributed by atoms with Crippen molar-refractivity contribution in [3.8, 4) is 6.07 Å². The van der Waals surface area contributed by atoms with Crippen LogP contribution >= 0.6 is 11.8 Å². The minimum Gasteiger partial charge on any atom is -0.370 e. The van der Waals surface area contributed by atoms with Crippen molar-refractivity contribution in [2.24, 2.45) is 11.7 Å². The summed E-state index contributed by atoms with van der Waals surface area (Å²) in [5.74, 6) is 1.60. The predicted octanol–water partition coefficient (Wildman–Crippen LogP) is 2.52. The number of primary amides is 1. The first kappa shape index (κ1) is 18.0. The summed E-state index contributed by atoms with van der Waals surface area (Å²) in [6.45, 7) is 5.05. The third kappa shape index (κ3) is 5.10. The number of nitrogens with zero attached hydrogens (tertiary/aromatic N) is 4. The van der Waals surface area contributed by atoms with Gasteiger partial charge in [0.2, 0.25) is 5.91 Å². The number of benzene rings is 1. The van der Waals surface area contributed by atoms with E-state index in [0.717, 1.165) is 23.1 Å². The van der Waals surface area contributed by atoms with Gasteiger partial charge in [-0.05, 0) is 23.6 Å². The lowest BCUT2D eigenvalue weighted by molar-refractivity contribution is -0.118. The summed E-state index contributed by atoms with van der Waals surface area (Å²) in [6.07, 6.45) is 0.768. The average molecular weight is 343 g/mol. The highest BCUT2D eigenvalue weighted by molar-refractivity contribution is 7.98. The number of carbonyl (C=O) groups is 1. The number of aromatic nitrogens is 3. The van der Waals surface area contributed by atoms with Crippen molar-refractivity contribution in [2.75, 3.05) is 0 Å². The molecule has 0 aliphatic heterocycles. The maximum absolute atomic E-state index is 11.0. The van der Waals surface area contributed by atoms with E-state index >= 15 is 0 Å². The lowest BCUT2D eigenvalue weighted by Gasteiger charge is -2.12. The van der Waals surface area contributed by atoms with E-state index in [1.54, 1.807) is 17.8 Å². The molecule has 0 atom stereocenters. The molecule has 0 unspecified atom stereocenters. The zero-order valence-corrected chi connectivity index (χ0v) is 14.7. The second kappa shape index (κ2) is 8.50. The Labute approximate surface area is 146 Å². The van der Waals surface area contributed by atoms with Crippen LogP contribution < -0.4 is 5.73 Å². The van der Waals surface area contributed by atoms with Crippen molar-refractivity contribution in [1.82, 2.24) is 14.8 Å². The standard InChI is InChI=1S/C17H21N5OS/c1-12(2)10-22-16(7-6-15(19)23)20-21-17(22)24-11-14-5-3-4-13(8-14)9-18/h3-5,8,12H,6-7,10-11H2,1-2H3,(H2,19,23). The fraction of sp³-hybridized carbons (Fsp3) is 0.412. The van der Waals surface area contributed by atoms with Crippen LogP contribution in [-0.2, 0) is 23.5 Å². The average Bonchev–Trinajstić information content (AvgIpc) is 2.92. The SMILES string of the molecule is CC(C)Cn1c(CCC(N)=O)nnc1SCc1cccc(C#N)c1. The number of carbonyl (C=O) groups excluding carboxylic acids is 1. The first-order chi connectivity index (χ1) is 11.5. The molecule has 6 nitrogen and oxygen atoms in total. The molecule has 0 aliphatic rings. The summed E-state index contributed by atoms with van der Waals surface area (Å²) < 4.78 is 2.06. The summed E-state index contributed by atoms with van der Waals surface area (Å²) in [7, 11) is 0. The number of nitrogens with two attached hydrogens (primary N) is 1. The first-order valence-corrected chi connectivity index (χ1v) is 8.80. The molecule has 0 radical (unpaired) electrons. The van der Waals surface area contributed by atoms with E-state index in [1.165, 1.54) is 0 Å². The zero-order valence-electron chi connectivity index (χ0n) is 13.9. The first-order valence-electron chi connectivity index (χ1n) is 7.81. The van der Waals surface area contributed by atoms with E-state index in [0.29, 0.717) is 23.7 Å². The van der Waals surface area contributed by atoms with E-state index in [-0.39, 0.29) is 12.3 Å². The molecule has 2 aromatic rings. The second-order valence-corrected chi connectivity index (χ2v) is 6.91. The summed E-state index contributed by atoms with van der Waals surface area (Å²) in [6, 6.07) is 9.69. The Hall–Kier alpha value is -2.33. The highest BCUT2D eigenvalue weighted by atomic mass is 32.2. The van der Waals surface area contributed by atoms with E-state index < -0.39 is 0 Å². The number of hydrogen-bond donors (Lipinski definition) is 1. The molecule has 1 amide bonds. The van der Waals surface area contributed by atoms with Crippen LogP contribution in [0.25, 0.3) is 0 Å². The predicted molar refractivity (Wildman–Crippen MR) is 93.1 cm³/mol. The number of hydrogen-bond acceptors (Lipinski definition) is 5. The molecule has 24 heavy (non-hydrogen) atoms. The van der Waals surface area contributed by atoms with Gasteiger partial charge in [-0.25, -0.2) is 0 Å². The van der Waals surface area contributed by atoms with Gasteiger partial charge in [0, 0.05) is 25.1 Å². The fourth-order valence-corrected chi connectivity index (χ4v) is 3.18. The summed E-state index contributed by atoms with van der Waals surface area (Å²) in [5.41, 5.74) is 6.95. The molecule has 0 fully saturated rings. The van der Waals surface area contributed by atoms with Gasteiger partial charge in [-0.3, -0.25) is 4.79 Å². The molecular weight excluding hydrogens is 322 g/mol. The van der Waals surface area contributed by atoms with Crippen LogP contribution in [0.4, 0.5) is 0 Å². The minimum atomic E-state index is -0.336. The Morgan fingerprint density at radius 3 is 2.88 bits per heavy atom. The van der Waals surface area contributed by atoms with E-state index in [9.17, 15) is 4.79 Å². The van der Waals surface area contributed by atoms with Gasteiger partial charge >= 0.3 is 0 Å². The molecule has 1 heterocycles. The Morgan fingerprint density at radius 2 is 2.21 bits per heavy atom. The Balaban J connectivity index is 2.13. The molecule has 0 aliphatic carbocycles. The third-order valence-corrected chi connectivity index (χ3v) is 4.40. The van der Waals surface area contributed by atoms with Crippen LogP contribution in [0, 0.1) is 17.2 Å². The van der Waals surface area contributed by atoms with Crippen LogP contribution in [0.15, 0.2) is 29.4 Å². The van der Waals surface area contributed by atoms with Gasteiger partial charge in [0.15, 0.2) is 5.16 Å². The van der Waals surface area contributed by atoms with E-state index in [1.807, 2.05) is 18.2 Å². The smallest absolute Gasteiger partial charge is 0.217 e. The normalized spacial score (nSPS) is 10.8. The maximum Gasteiger partial charge on any atom is 0.217 e. The Bertz CT molecular complexity index is 748. The van der Waals surface area contributed by atoms with Gasteiger partial charge in [0.25, 0.3) is 0 Å². The fourth-order valence-electron chi connectivity index (χ4n) is 2.27. The summed E-state index contributed by atoms with van der Waals surface area (Å²) in [4.78, 5) is 11.0. The van der Waals surface area contributed by atoms with E-state index in [2.05, 4.69) is 34.7 Å². The van der Waals surface area contributed by atoms with Crippen LogP contribution in [-0.4, -0.2) is 20.7 Å².